The monoisotopic (exact) mass is 430 g/mol. The van der Waals surface area contributed by atoms with Crippen molar-refractivity contribution in [1.29, 1.82) is 0 Å². The van der Waals surface area contributed by atoms with Gasteiger partial charge in [-0.25, -0.2) is 19.9 Å². The van der Waals surface area contributed by atoms with Crippen LogP contribution in [0.5, 0.6) is 0 Å². The molecular weight excluding hydrogens is 400 g/mol. The lowest BCUT2D eigenvalue weighted by Gasteiger charge is -2.06. The van der Waals surface area contributed by atoms with Crippen molar-refractivity contribution < 1.29 is 0 Å². The van der Waals surface area contributed by atoms with Crippen molar-refractivity contribution in [3.63, 3.8) is 0 Å². The maximum absolute atomic E-state index is 5.86. The molecule has 32 heavy (non-hydrogen) atoms. The third-order valence-corrected chi connectivity index (χ3v) is 5.43. The highest BCUT2D eigenvalue weighted by molar-refractivity contribution is 5.66. The SMILES string of the molecule is CC.C[C@H](N)c1ncc(-c2cnc(-c3ccc(-c4cnc([C@@H]5CCCN5)[nH]4)cc3)nc2)[nH]1. The lowest BCUT2D eigenvalue weighted by Crippen LogP contribution is -2.14. The minimum absolute atomic E-state index is 0.141. The van der Waals surface area contributed by atoms with E-state index in [0.29, 0.717) is 11.9 Å². The smallest absolute Gasteiger partial charge is 0.159 e. The number of hydrogen-bond donors (Lipinski definition) is 4. The summed E-state index contributed by atoms with van der Waals surface area (Å²) in [5, 5.41) is 3.47. The second-order valence-corrected chi connectivity index (χ2v) is 7.67. The van der Waals surface area contributed by atoms with Crippen LogP contribution in [0.25, 0.3) is 33.9 Å². The largest absolute Gasteiger partial charge is 0.341 e. The highest BCUT2D eigenvalue weighted by Gasteiger charge is 2.19. The summed E-state index contributed by atoms with van der Waals surface area (Å²) in [7, 11) is 0. The van der Waals surface area contributed by atoms with Crippen molar-refractivity contribution in [2.75, 3.05) is 6.54 Å². The molecule has 4 heterocycles. The standard InChI is InChI=1S/C22H24N8.C2H6/c1-13(23)20-27-12-19(29-20)16-9-25-21(26-10-16)15-6-4-14(5-7-15)18-11-28-22(30-18)17-3-2-8-24-17;1-2/h4-7,9-13,17,24H,2-3,8,23H2,1H3,(H,27,29)(H,28,30);1-2H3/t13-,17-;/m0./s1. The van der Waals surface area contributed by atoms with Gasteiger partial charge >= 0.3 is 0 Å². The summed E-state index contributed by atoms with van der Waals surface area (Å²) in [6.07, 6.45) is 9.57. The molecule has 1 fully saturated rings. The Hall–Kier alpha value is -3.36. The predicted molar refractivity (Wildman–Crippen MR) is 127 cm³/mol. The topological polar surface area (TPSA) is 121 Å². The molecule has 0 aliphatic carbocycles. The number of nitrogens with two attached hydrogens (primary N) is 1. The molecule has 5 rings (SSSR count). The Balaban J connectivity index is 0.00000119. The summed E-state index contributed by atoms with van der Waals surface area (Å²) in [4.78, 5) is 24.5. The fourth-order valence-corrected chi connectivity index (χ4v) is 3.71. The Morgan fingerprint density at radius 2 is 1.50 bits per heavy atom. The second kappa shape index (κ2) is 9.84. The molecule has 1 aromatic carbocycles. The van der Waals surface area contributed by atoms with Crippen LogP contribution in [0, 0.1) is 0 Å². The van der Waals surface area contributed by atoms with E-state index < -0.39 is 0 Å². The third-order valence-electron chi connectivity index (χ3n) is 5.43. The van der Waals surface area contributed by atoms with Crippen LogP contribution in [0.3, 0.4) is 0 Å². The zero-order valence-corrected chi connectivity index (χ0v) is 18.8. The van der Waals surface area contributed by atoms with Crippen molar-refractivity contribution in [1.82, 2.24) is 35.2 Å². The lowest BCUT2D eigenvalue weighted by molar-refractivity contribution is 0.613. The van der Waals surface area contributed by atoms with E-state index >= 15 is 0 Å². The molecule has 8 nitrogen and oxygen atoms in total. The van der Waals surface area contributed by atoms with Crippen molar-refractivity contribution in [2.24, 2.45) is 5.73 Å². The fourth-order valence-electron chi connectivity index (χ4n) is 3.71. The van der Waals surface area contributed by atoms with Crippen LogP contribution < -0.4 is 11.1 Å². The van der Waals surface area contributed by atoms with Gasteiger partial charge in [0.25, 0.3) is 0 Å². The Labute approximate surface area is 188 Å². The van der Waals surface area contributed by atoms with E-state index in [1.807, 2.05) is 39.1 Å². The number of aromatic amines is 2. The first-order valence-corrected chi connectivity index (χ1v) is 11.2. The molecule has 5 N–H and O–H groups in total. The summed E-state index contributed by atoms with van der Waals surface area (Å²) in [6.45, 7) is 6.95. The highest BCUT2D eigenvalue weighted by atomic mass is 15.0. The van der Waals surface area contributed by atoms with Crippen LogP contribution in [-0.4, -0.2) is 36.4 Å². The Kier molecular flexibility index (Phi) is 6.72. The van der Waals surface area contributed by atoms with Gasteiger partial charge < -0.3 is 21.0 Å². The maximum Gasteiger partial charge on any atom is 0.159 e. The zero-order chi connectivity index (χ0) is 22.5. The number of nitrogens with zero attached hydrogens (tertiary/aromatic N) is 4. The second-order valence-electron chi connectivity index (χ2n) is 7.67. The van der Waals surface area contributed by atoms with Gasteiger partial charge in [0, 0.05) is 23.5 Å². The third kappa shape index (κ3) is 4.61. The molecular formula is C24H30N8. The van der Waals surface area contributed by atoms with Gasteiger partial charge in [0.05, 0.1) is 35.9 Å². The number of rotatable bonds is 5. The Bertz CT molecular complexity index is 1120. The van der Waals surface area contributed by atoms with Crippen LogP contribution in [0.15, 0.2) is 49.1 Å². The molecule has 0 unspecified atom stereocenters. The molecule has 1 aliphatic rings. The summed E-state index contributed by atoms with van der Waals surface area (Å²) >= 11 is 0. The first kappa shape index (κ1) is 21.9. The van der Waals surface area contributed by atoms with Gasteiger partial charge in [-0.1, -0.05) is 38.1 Å². The van der Waals surface area contributed by atoms with E-state index in [0.717, 1.165) is 52.7 Å². The molecule has 1 aliphatic heterocycles. The molecule has 0 radical (unpaired) electrons. The number of nitrogens with one attached hydrogen (secondary N) is 3. The van der Waals surface area contributed by atoms with Crippen LogP contribution in [-0.2, 0) is 0 Å². The molecule has 3 aromatic heterocycles. The van der Waals surface area contributed by atoms with E-state index in [4.69, 9.17) is 5.73 Å². The van der Waals surface area contributed by atoms with E-state index in [9.17, 15) is 0 Å². The minimum Gasteiger partial charge on any atom is -0.341 e. The molecule has 0 spiro atoms. The van der Waals surface area contributed by atoms with Crippen molar-refractivity contribution in [3.8, 4) is 33.9 Å². The number of aromatic nitrogens is 6. The summed E-state index contributed by atoms with van der Waals surface area (Å²) in [5.41, 5.74) is 10.7. The van der Waals surface area contributed by atoms with E-state index in [1.165, 1.54) is 6.42 Å². The molecule has 0 amide bonds. The minimum atomic E-state index is -0.141. The number of benzene rings is 1. The highest BCUT2D eigenvalue weighted by Crippen LogP contribution is 2.26. The van der Waals surface area contributed by atoms with E-state index in [2.05, 4.69) is 47.4 Å². The normalized spacial score (nSPS) is 16.4. The molecule has 2 atom stereocenters. The van der Waals surface area contributed by atoms with Gasteiger partial charge in [0.1, 0.15) is 11.6 Å². The van der Waals surface area contributed by atoms with Crippen molar-refractivity contribution in [2.45, 2.75) is 45.7 Å². The van der Waals surface area contributed by atoms with Gasteiger partial charge in [0.15, 0.2) is 5.82 Å². The summed E-state index contributed by atoms with van der Waals surface area (Å²) in [5.74, 6) is 2.43. The fraction of sp³-hybridized carbons (Fsp3) is 0.333. The molecule has 8 heteroatoms. The van der Waals surface area contributed by atoms with Crippen molar-refractivity contribution in [3.05, 3.63) is 60.7 Å². The van der Waals surface area contributed by atoms with E-state index in [1.54, 1.807) is 18.6 Å². The average molecular weight is 431 g/mol. The van der Waals surface area contributed by atoms with Crippen LogP contribution in [0.1, 0.15) is 57.3 Å². The lowest BCUT2D eigenvalue weighted by atomic mass is 10.1. The summed E-state index contributed by atoms with van der Waals surface area (Å²) in [6, 6.07) is 8.39. The zero-order valence-electron chi connectivity index (χ0n) is 18.8. The van der Waals surface area contributed by atoms with Gasteiger partial charge in [-0.15, -0.1) is 0 Å². The van der Waals surface area contributed by atoms with Gasteiger partial charge in [-0.05, 0) is 31.9 Å². The predicted octanol–water partition coefficient (Wildman–Crippen LogP) is 4.39. The average Bonchev–Trinajstić information content (AvgIpc) is 3.62. The first-order valence-electron chi connectivity index (χ1n) is 11.2. The Morgan fingerprint density at radius 3 is 2.12 bits per heavy atom. The van der Waals surface area contributed by atoms with Gasteiger partial charge in [-0.3, -0.25) is 0 Å². The van der Waals surface area contributed by atoms with Gasteiger partial charge in [0.2, 0.25) is 0 Å². The van der Waals surface area contributed by atoms with E-state index in [-0.39, 0.29) is 6.04 Å². The van der Waals surface area contributed by atoms with Crippen LogP contribution >= 0.6 is 0 Å². The molecule has 0 saturated carbocycles. The molecule has 0 bridgehead atoms. The Morgan fingerprint density at radius 1 is 0.844 bits per heavy atom. The number of H-pyrrole nitrogens is 2. The van der Waals surface area contributed by atoms with Gasteiger partial charge in [-0.2, -0.15) is 0 Å². The number of hydrogen-bond acceptors (Lipinski definition) is 6. The molecule has 166 valence electrons. The number of imidazole rings is 2. The van der Waals surface area contributed by atoms with Crippen LogP contribution in [0.2, 0.25) is 0 Å². The van der Waals surface area contributed by atoms with Crippen molar-refractivity contribution >= 4 is 0 Å². The summed E-state index contributed by atoms with van der Waals surface area (Å²) < 4.78 is 0. The molecule has 1 saturated heterocycles. The quantitative estimate of drug-likeness (QED) is 0.372. The maximum atomic E-state index is 5.86. The first-order chi connectivity index (χ1) is 15.7. The van der Waals surface area contributed by atoms with Crippen LogP contribution in [0.4, 0.5) is 0 Å². The molecule has 4 aromatic rings.